The second kappa shape index (κ2) is 7.88. The molecule has 0 aliphatic carbocycles. The normalized spacial score (nSPS) is 12.1. The van der Waals surface area contributed by atoms with Crippen LogP contribution >= 0.6 is 0 Å². The molecule has 0 fully saturated rings. The van der Waals surface area contributed by atoms with Crippen molar-refractivity contribution in [1.29, 1.82) is 0 Å². The summed E-state index contributed by atoms with van der Waals surface area (Å²) in [4.78, 5) is 15.0. The van der Waals surface area contributed by atoms with E-state index < -0.39 is 0 Å². The molecule has 2 aromatic heterocycles. The van der Waals surface area contributed by atoms with Crippen molar-refractivity contribution >= 4 is 5.91 Å². The molecule has 0 aliphatic rings. The van der Waals surface area contributed by atoms with Crippen LogP contribution in [0.1, 0.15) is 47.3 Å². The van der Waals surface area contributed by atoms with Gasteiger partial charge in [0.15, 0.2) is 0 Å². The topological polar surface area (TPSA) is 76.0 Å². The van der Waals surface area contributed by atoms with Gasteiger partial charge in [-0.3, -0.25) is 14.6 Å². The highest BCUT2D eigenvalue weighted by Crippen LogP contribution is 2.28. The maximum absolute atomic E-state index is 13.2. The minimum absolute atomic E-state index is 0.0873. The van der Waals surface area contributed by atoms with Gasteiger partial charge in [-0.05, 0) is 51.5 Å². The van der Waals surface area contributed by atoms with Crippen LogP contribution in [-0.2, 0) is 7.05 Å². The lowest BCUT2D eigenvalue weighted by atomic mass is 10.1. The summed E-state index contributed by atoms with van der Waals surface area (Å²) in [5.74, 6) is 0.690. The van der Waals surface area contributed by atoms with Gasteiger partial charge in [0.1, 0.15) is 11.4 Å². The van der Waals surface area contributed by atoms with Gasteiger partial charge in [0.25, 0.3) is 5.91 Å². The number of H-pyrrole nitrogens is 1. The van der Waals surface area contributed by atoms with Crippen LogP contribution in [0.4, 0.5) is 0 Å². The van der Waals surface area contributed by atoms with Gasteiger partial charge in [-0.1, -0.05) is 12.1 Å². The Morgan fingerprint density at radius 1 is 1.32 bits per heavy atom. The Bertz CT molecular complexity index is 989. The van der Waals surface area contributed by atoms with Gasteiger partial charge in [0, 0.05) is 24.8 Å². The highest BCUT2D eigenvalue weighted by Gasteiger charge is 2.24. The number of aromatic nitrogens is 4. The number of ether oxygens (including phenoxy) is 1. The second-order valence-corrected chi connectivity index (χ2v) is 6.88. The highest BCUT2D eigenvalue weighted by molar-refractivity contribution is 5.93. The van der Waals surface area contributed by atoms with Crippen molar-refractivity contribution in [3.8, 4) is 17.0 Å². The van der Waals surface area contributed by atoms with E-state index in [9.17, 15) is 4.79 Å². The standard InChI is InChI=1S/C21H27N5O2/c1-7-26(14(3)16-9-8-10-17(11-16)28-6)21(27)19-12-18(22-23-19)20-13(2)24-25(5)15(20)4/h8-12,14H,7H2,1-6H3,(H,22,23). The largest absolute Gasteiger partial charge is 0.497 e. The molecule has 7 nitrogen and oxygen atoms in total. The molecule has 28 heavy (non-hydrogen) atoms. The lowest BCUT2D eigenvalue weighted by Gasteiger charge is -2.28. The summed E-state index contributed by atoms with van der Waals surface area (Å²) in [6.07, 6.45) is 0. The van der Waals surface area contributed by atoms with E-state index in [2.05, 4.69) is 15.3 Å². The Morgan fingerprint density at radius 3 is 2.68 bits per heavy atom. The van der Waals surface area contributed by atoms with Crippen molar-refractivity contribution in [3.05, 3.63) is 53.0 Å². The van der Waals surface area contributed by atoms with Gasteiger partial charge in [0.2, 0.25) is 0 Å². The van der Waals surface area contributed by atoms with Crippen molar-refractivity contribution in [2.45, 2.75) is 33.7 Å². The Kier molecular flexibility index (Phi) is 5.53. The van der Waals surface area contributed by atoms with E-state index in [4.69, 9.17) is 4.74 Å². The number of amides is 1. The monoisotopic (exact) mass is 381 g/mol. The number of carbonyl (C=O) groups is 1. The summed E-state index contributed by atoms with van der Waals surface area (Å²) in [6.45, 7) is 8.51. The molecule has 148 valence electrons. The predicted octanol–water partition coefficient (Wildman–Crippen LogP) is 3.66. The predicted molar refractivity (Wildman–Crippen MR) is 108 cm³/mol. The third kappa shape index (κ3) is 3.52. The molecule has 1 N–H and O–H groups in total. The summed E-state index contributed by atoms with van der Waals surface area (Å²) < 4.78 is 7.14. The highest BCUT2D eigenvalue weighted by atomic mass is 16.5. The first kappa shape index (κ1) is 19.7. The number of rotatable bonds is 6. The van der Waals surface area contributed by atoms with E-state index in [0.29, 0.717) is 12.2 Å². The van der Waals surface area contributed by atoms with Crippen LogP contribution in [0.25, 0.3) is 11.3 Å². The number of hydrogen-bond donors (Lipinski definition) is 1. The zero-order valence-corrected chi connectivity index (χ0v) is 17.3. The van der Waals surface area contributed by atoms with Crippen LogP contribution < -0.4 is 4.74 Å². The molecule has 1 aromatic carbocycles. The Balaban J connectivity index is 1.88. The summed E-state index contributed by atoms with van der Waals surface area (Å²) in [6, 6.07) is 9.51. The van der Waals surface area contributed by atoms with Crippen molar-refractivity contribution < 1.29 is 9.53 Å². The molecule has 0 spiro atoms. The molecule has 3 aromatic rings. The molecule has 0 radical (unpaired) electrons. The molecule has 3 rings (SSSR count). The van der Waals surface area contributed by atoms with Crippen molar-refractivity contribution in [2.75, 3.05) is 13.7 Å². The minimum atomic E-state index is -0.0961. The molecule has 0 aliphatic heterocycles. The maximum atomic E-state index is 13.2. The zero-order chi connectivity index (χ0) is 20.4. The zero-order valence-electron chi connectivity index (χ0n) is 17.3. The first-order valence-corrected chi connectivity index (χ1v) is 9.38. The first-order valence-electron chi connectivity index (χ1n) is 9.38. The lowest BCUT2D eigenvalue weighted by Crippen LogP contribution is -2.33. The molecule has 7 heteroatoms. The van der Waals surface area contributed by atoms with Gasteiger partial charge in [-0.15, -0.1) is 0 Å². The van der Waals surface area contributed by atoms with Gasteiger partial charge in [-0.25, -0.2) is 0 Å². The van der Waals surface area contributed by atoms with Crippen LogP contribution in [0, 0.1) is 13.8 Å². The SMILES string of the molecule is CCN(C(=O)c1cc(-c2c(C)nn(C)c2C)n[nH]1)C(C)c1cccc(OC)c1. The molecule has 1 unspecified atom stereocenters. The molecule has 0 saturated carbocycles. The molecular formula is C21H27N5O2. The molecule has 2 heterocycles. The third-order valence-electron chi connectivity index (χ3n) is 5.22. The molecule has 0 saturated heterocycles. The molecule has 1 amide bonds. The number of carbonyl (C=O) groups excluding carboxylic acids is 1. The van der Waals surface area contributed by atoms with E-state index >= 15 is 0 Å². The van der Waals surface area contributed by atoms with E-state index in [0.717, 1.165) is 34.0 Å². The summed E-state index contributed by atoms with van der Waals surface area (Å²) in [5, 5.41) is 11.7. The van der Waals surface area contributed by atoms with Crippen LogP contribution in [0.5, 0.6) is 5.75 Å². The number of hydrogen-bond acceptors (Lipinski definition) is 4. The molecule has 0 bridgehead atoms. The van der Waals surface area contributed by atoms with E-state index in [1.165, 1.54) is 0 Å². The summed E-state index contributed by atoms with van der Waals surface area (Å²) >= 11 is 0. The number of methoxy groups -OCH3 is 1. The van der Waals surface area contributed by atoms with E-state index in [1.807, 2.05) is 68.6 Å². The van der Waals surface area contributed by atoms with Crippen molar-refractivity contribution in [2.24, 2.45) is 7.05 Å². The van der Waals surface area contributed by atoms with Crippen LogP contribution in [0.15, 0.2) is 30.3 Å². The quantitative estimate of drug-likeness (QED) is 0.707. The van der Waals surface area contributed by atoms with Gasteiger partial charge in [0.05, 0.1) is 24.5 Å². The number of nitrogens with one attached hydrogen (secondary N) is 1. The smallest absolute Gasteiger partial charge is 0.272 e. The van der Waals surface area contributed by atoms with Crippen molar-refractivity contribution in [3.63, 3.8) is 0 Å². The Labute approximate surface area is 165 Å². The second-order valence-electron chi connectivity index (χ2n) is 6.88. The Morgan fingerprint density at radius 2 is 2.07 bits per heavy atom. The fourth-order valence-electron chi connectivity index (χ4n) is 3.53. The minimum Gasteiger partial charge on any atom is -0.497 e. The number of aryl methyl sites for hydroxylation is 2. The Hall–Kier alpha value is -3.09. The summed E-state index contributed by atoms with van der Waals surface area (Å²) in [7, 11) is 3.54. The average Bonchev–Trinajstić information content (AvgIpc) is 3.26. The first-order chi connectivity index (χ1) is 13.4. The maximum Gasteiger partial charge on any atom is 0.272 e. The third-order valence-corrected chi connectivity index (χ3v) is 5.22. The number of aromatic amines is 1. The molecule has 1 atom stereocenters. The van der Waals surface area contributed by atoms with Crippen LogP contribution in [0.3, 0.4) is 0 Å². The van der Waals surface area contributed by atoms with Crippen LogP contribution in [-0.4, -0.2) is 44.4 Å². The van der Waals surface area contributed by atoms with Gasteiger partial charge < -0.3 is 9.64 Å². The lowest BCUT2D eigenvalue weighted by molar-refractivity contribution is 0.0696. The summed E-state index contributed by atoms with van der Waals surface area (Å²) in [5.41, 5.74) is 5.09. The van der Waals surface area contributed by atoms with Crippen LogP contribution in [0.2, 0.25) is 0 Å². The van der Waals surface area contributed by atoms with Crippen molar-refractivity contribution in [1.82, 2.24) is 24.9 Å². The fraction of sp³-hybridized carbons (Fsp3) is 0.381. The number of benzene rings is 1. The average molecular weight is 381 g/mol. The van der Waals surface area contributed by atoms with E-state index in [-0.39, 0.29) is 11.9 Å². The van der Waals surface area contributed by atoms with Gasteiger partial charge >= 0.3 is 0 Å². The van der Waals surface area contributed by atoms with E-state index in [1.54, 1.807) is 13.2 Å². The fourth-order valence-corrected chi connectivity index (χ4v) is 3.53. The van der Waals surface area contributed by atoms with Gasteiger partial charge in [-0.2, -0.15) is 10.2 Å². The number of nitrogens with zero attached hydrogens (tertiary/aromatic N) is 4. The molecular weight excluding hydrogens is 354 g/mol.